The van der Waals surface area contributed by atoms with Crippen LogP contribution in [0.3, 0.4) is 0 Å². The van der Waals surface area contributed by atoms with E-state index in [1.54, 1.807) is 25.3 Å². The predicted molar refractivity (Wildman–Crippen MR) is 60.0 cm³/mol. The summed E-state index contributed by atoms with van der Waals surface area (Å²) < 4.78 is 0. The molecule has 0 saturated carbocycles. The van der Waals surface area contributed by atoms with Crippen LogP contribution in [-0.2, 0) is 4.79 Å². The van der Waals surface area contributed by atoms with Crippen molar-refractivity contribution in [2.24, 2.45) is 5.92 Å². The van der Waals surface area contributed by atoms with E-state index in [0.717, 1.165) is 13.0 Å². The standard InChI is InChI=1S/C12H13N3O/c1-9(16)11-4-6-15(8-11)12-10(7-13)3-2-5-14-12/h2-3,5,11H,4,6,8H2,1H3/t11-/m1/s1. The van der Waals surface area contributed by atoms with Gasteiger partial charge in [-0.25, -0.2) is 4.98 Å². The summed E-state index contributed by atoms with van der Waals surface area (Å²) in [5.41, 5.74) is 0.576. The largest absolute Gasteiger partial charge is 0.355 e. The van der Waals surface area contributed by atoms with Gasteiger partial charge in [0.1, 0.15) is 17.7 Å². The number of anilines is 1. The molecule has 82 valence electrons. The average Bonchev–Trinajstić information content (AvgIpc) is 2.78. The lowest BCUT2D eigenvalue weighted by atomic mass is 10.1. The van der Waals surface area contributed by atoms with Gasteiger partial charge in [0.15, 0.2) is 0 Å². The molecule has 2 rings (SSSR count). The Labute approximate surface area is 94.5 Å². The molecule has 1 aliphatic heterocycles. The Morgan fingerprint density at radius 2 is 2.50 bits per heavy atom. The molecule has 1 fully saturated rings. The molecule has 0 aromatic carbocycles. The molecule has 0 aliphatic carbocycles. The third-order valence-corrected chi connectivity index (χ3v) is 2.97. The monoisotopic (exact) mass is 215 g/mol. The Bertz CT molecular complexity index is 450. The van der Waals surface area contributed by atoms with Crippen molar-refractivity contribution in [3.8, 4) is 6.07 Å². The lowest BCUT2D eigenvalue weighted by molar-refractivity contribution is -0.120. The smallest absolute Gasteiger partial charge is 0.146 e. The van der Waals surface area contributed by atoms with Gasteiger partial charge in [0, 0.05) is 25.2 Å². The fourth-order valence-corrected chi connectivity index (χ4v) is 2.02. The van der Waals surface area contributed by atoms with E-state index in [9.17, 15) is 4.79 Å². The minimum absolute atomic E-state index is 0.0912. The van der Waals surface area contributed by atoms with E-state index < -0.39 is 0 Å². The lowest BCUT2D eigenvalue weighted by Crippen LogP contribution is -2.23. The van der Waals surface area contributed by atoms with E-state index in [2.05, 4.69) is 11.1 Å². The summed E-state index contributed by atoms with van der Waals surface area (Å²) in [6, 6.07) is 5.63. The summed E-state index contributed by atoms with van der Waals surface area (Å²) in [6.45, 7) is 3.11. The van der Waals surface area contributed by atoms with Crippen LogP contribution in [-0.4, -0.2) is 23.9 Å². The van der Waals surface area contributed by atoms with Crippen LogP contribution in [0.25, 0.3) is 0 Å². The number of carbonyl (C=O) groups excluding carboxylic acids is 1. The van der Waals surface area contributed by atoms with Crippen molar-refractivity contribution in [1.82, 2.24) is 4.98 Å². The van der Waals surface area contributed by atoms with Crippen molar-refractivity contribution in [2.45, 2.75) is 13.3 Å². The third-order valence-electron chi connectivity index (χ3n) is 2.97. The molecule has 1 atom stereocenters. The van der Waals surface area contributed by atoms with Crippen LogP contribution >= 0.6 is 0 Å². The van der Waals surface area contributed by atoms with Gasteiger partial charge in [-0.3, -0.25) is 4.79 Å². The number of carbonyl (C=O) groups is 1. The fraction of sp³-hybridized carbons (Fsp3) is 0.417. The van der Waals surface area contributed by atoms with Crippen molar-refractivity contribution >= 4 is 11.6 Å². The van der Waals surface area contributed by atoms with Crippen LogP contribution in [0.1, 0.15) is 18.9 Å². The van der Waals surface area contributed by atoms with E-state index in [0.29, 0.717) is 17.9 Å². The van der Waals surface area contributed by atoms with Gasteiger partial charge >= 0.3 is 0 Å². The maximum atomic E-state index is 11.3. The van der Waals surface area contributed by atoms with Gasteiger partial charge in [-0.05, 0) is 25.5 Å². The second-order valence-corrected chi connectivity index (χ2v) is 4.03. The van der Waals surface area contributed by atoms with Gasteiger partial charge in [0.25, 0.3) is 0 Å². The van der Waals surface area contributed by atoms with Crippen molar-refractivity contribution in [1.29, 1.82) is 5.26 Å². The first-order valence-electron chi connectivity index (χ1n) is 5.33. The van der Waals surface area contributed by atoms with Gasteiger partial charge < -0.3 is 4.90 Å². The Balaban J connectivity index is 2.21. The normalized spacial score (nSPS) is 19.5. The highest BCUT2D eigenvalue weighted by molar-refractivity contribution is 5.79. The molecule has 0 amide bonds. The highest BCUT2D eigenvalue weighted by Gasteiger charge is 2.27. The first-order valence-corrected chi connectivity index (χ1v) is 5.33. The maximum Gasteiger partial charge on any atom is 0.146 e. The molecule has 0 spiro atoms. The van der Waals surface area contributed by atoms with Crippen LogP contribution in [0.4, 0.5) is 5.82 Å². The molecule has 4 nitrogen and oxygen atoms in total. The van der Waals surface area contributed by atoms with Crippen LogP contribution in [0.2, 0.25) is 0 Å². The van der Waals surface area contributed by atoms with E-state index >= 15 is 0 Å². The molecule has 16 heavy (non-hydrogen) atoms. The van der Waals surface area contributed by atoms with E-state index in [-0.39, 0.29) is 11.7 Å². The number of hydrogen-bond acceptors (Lipinski definition) is 4. The van der Waals surface area contributed by atoms with Gasteiger partial charge in [-0.15, -0.1) is 0 Å². The highest BCUT2D eigenvalue weighted by atomic mass is 16.1. The quantitative estimate of drug-likeness (QED) is 0.747. The zero-order chi connectivity index (χ0) is 11.5. The minimum atomic E-state index is 0.0912. The molecule has 0 N–H and O–H groups in total. The van der Waals surface area contributed by atoms with Gasteiger partial charge in [-0.2, -0.15) is 5.26 Å². The molecule has 1 aromatic heterocycles. The molecular formula is C12H13N3O. The number of aromatic nitrogens is 1. The maximum absolute atomic E-state index is 11.3. The highest BCUT2D eigenvalue weighted by Crippen LogP contribution is 2.24. The van der Waals surface area contributed by atoms with Crippen LogP contribution in [0.15, 0.2) is 18.3 Å². The van der Waals surface area contributed by atoms with Crippen molar-refractivity contribution < 1.29 is 4.79 Å². The summed E-state index contributed by atoms with van der Waals surface area (Å²) in [4.78, 5) is 17.5. The molecule has 0 unspecified atom stereocenters. The van der Waals surface area contributed by atoms with Crippen LogP contribution in [0.5, 0.6) is 0 Å². The summed E-state index contributed by atoms with van der Waals surface area (Å²) in [7, 11) is 0. The Morgan fingerprint density at radius 1 is 1.69 bits per heavy atom. The second-order valence-electron chi connectivity index (χ2n) is 4.03. The Hall–Kier alpha value is -1.89. The second kappa shape index (κ2) is 4.31. The van der Waals surface area contributed by atoms with E-state index in [1.165, 1.54) is 0 Å². The van der Waals surface area contributed by atoms with Crippen LogP contribution in [0, 0.1) is 17.2 Å². The summed E-state index contributed by atoms with van der Waals surface area (Å²) in [5, 5.41) is 8.97. The first kappa shape index (κ1) is 10.6. The van der Waals surface area contributed by atoms with Gasteiger partial charge in [-0.1, -0.05) is 0 Å². The molecule has 0 bridgehead atoms. The van der Waals surface area contributed by atoms with Crippen LogP contribution < -0.4 is 4.90 Å². The first-order chi connectivity index (χ1) is 7.72. The zero-order valence-electron chi connectivity index (χ0n) is 9.18. The van der Waals surface area contributed by atoms with Crippen molar-refractivity contribution in [2.75, 3.05) is 18.0 Å². The molecular weight excluding hydrogens is 202 g/mol. The SMILES string of the molecule is CC(=O)[C@@H]1CCN(c2ncccc2C#N)C1. The number of rotatable bonds is 2. The zero-order valence-corrected chi connectivity index (χ0v) is 9.18. The predicted octanol–water partition coefficient (Wildman–Crippen LogP) is 1.37. The number of Topliss-reactive ketones (excluding diaryl/α,β-unsaturated/α-hetero) is 1. The molecule has 1 saturated heterocycles. The van der Waals surface area contributed by atoms with Gasteiger partial charge in [0.05, 0.1) is 5.56 Å². The van der Waals surface area contributed by atoms with Crippen molar-refractivity contribution in [3.05, 3.63) is 23.9 Å². The minimum Gasteiger partial charge on any atom is -0.355 e. The number of hydrogen-bond donors (Lipinski definition) is 0. The number of ketones is 1. The lowest BCUT2D eigenvalue weighted by Gasteiger charge is -2.17. The molecule has 2 heterocycles. The van der Waals surface area contributed by atoms with E-state index in [1.807, 2.05) is 4.90 Å². The molecule has 1 aliphatic rings. The molecule has 4 heteroatoms. The number of nitrogens with zero attached hydrogens (tertiary/aromatic N) is 3. The summed E-state index contributed by atoms with van der Waals surface area (Å²) in [5.74, 6) is 1.01. The average molecular weight is 215 g/mol. The Morgan fingerprint density at radius 3 is 3.12 bits per heavy atom. The Kier molecular flexibility index (Phi) is 2.86. The van der Waals surface area contributed by atoms with E-state index in [4.69, 9.17) is 5.26 Å². The third kappa shape index (κ3) is 1.89. The number of nitriles is 1. The summed E-state index contributed by atoms with van der Waals surface area (Å²) in [6.07, 6.45) is 2.54. The number of pyridine rings is 1. The topological polar surface area (TPSA) is 57.0 Å². The fourth-order valence-electron chi connectivity index (χ4n) is 2.02. The van der Waals surface area contributed by atoms with Crippen molar-refractivity contribution in [3.63, 3.8) is 0 Å². The molecule has 0 radical (unpaired) electrons. The van der Waals surface area contributed by atoms with Gasteiger partial charge in [0.2, 0.25) is 0 Å². The summed E-state index contributed by atoms with van der Waals surface area (Å²) >= 11 is 0. The molecule has 1 aromatic rings.